The van der Waals surface area contributed by atoms with Crippen LogP contribution < -0.4 is 65.3 Å². The molecule has 26 nitrogen and oxygen atoms in total. The Kier molecular flexibility index (Phi) is 24.2. The maximum absolute atomic E-state index is 14.4. The summed E-state index contributed by atoms with van der Waals surface area (Å²) in [6.07, 6.45) is 6.94. The number of amides is 7. The zero-order chi connectivity index (χ0) is 58.5. The first-order chi connectivity index (χ1) is 38.2. The van der Waals surface area contributed by atoms with Crippen molar-refractivity contribution >= 4 is 63.9 Å². The fourth-order valence-electron chi connectivity index (χ4n) is 9.14. The number of rotatable bonds is 30. The Bertz CT molecular complexity index is 2800. The maximum Gasteiger partial charge on any atom is 0.261 e. The van der Waals surface area contributed by atoms with Gasteiger partial charge >= 0.3 is 0 Å². The zero-order valence-corrected chi connectivity index (χ0v) is 46.4. The molecule has 0 aliphatic carbocycles. The van der Waals surface area contributed by atoms with Gasteiger partial charge in [-0.2, -0.15) is 0 Å². The maximum atomic E-state index is 14.4. The number of fused-ring (bicyclic) bond motifs is 1. The van der Waals surface area contributed by atoms with Crippen molar-refractivity contribution in [3.05, 3.63) is 82.9 Å². The number of aromatic hydroxyl groups is 1. The van der Waals surface area contributed by atoms with Gasteiger partial charge in [0.25, 0.3) is 5.56 Å². The molecule has 0 radical (unpaired) electrons. The molecule has 5 rings (SSSR count). The van der Waals surface area contributed by atoms with Crippen LogP contribution in [0.2, 0.25) is 0 Å². The standard InChI is InChI=1S/C54H81N17O9/c1-6-33(4)46(56)51(78)65-40(10-7-8-18-55)53(80)70-24-22-69(23-25-70)35-14-17-38-37(28-35)52(79)71(31-63-38)30-45(73)64-39(11-9-19-62-54(57)58)48(75)68-43(29-44-60-20-21-61-44)50(77)67-42(27-34-12-15-36(72)16-13-34)49(76)66-41(26-32(2)3)47(74)59-5/h12-17,20-21,28,31-33,39-43,46,72H,6-11,18-19,22-27,29-30,55-56H2,1-5H3,(H,59,74)(H,60,61)(H,64,73)(H,65,78)(H,66,76)(H,67,77)(H,68,75)(H4,57,58,62)/t33-,39-,40-,41+,42-,43-,46-/m0/s1. The van der Waals surface area contributed by atoms with E-state index in [1.54, 1.807) is 29.2 Å². The van der Waals surface area contributed by atoms with Crippen molar-refractivity contribution in [2.45, 2.75) is 128 Å². The number of H-pyrrole nitrogens is 1. The quantitative estimate of drug-likeness (QED) is 0.0165. The lowest BCUT2D eigenvalue weighted by atomic mass is 9.98. The van der Waals surface area contributed by atoms with Crippen molar-refractivity contribution in [1.29, 1.82) is 0 Å². The van der Waals surface area contributed by atoms with Gasteiger partial charge < -0.3 is 74.7 Å². The fourth-order valence-corrected chi connectivity index (χ4v) is 9.14. The summed E-state index contributed by atoms with van der Waals surface area (Å²) in [6.45, 7) is 9.18. The number of hydrogen-bond donors (Lipinski definition) is 12. The summed E-state index contributed by atoms with van der Waals surface area (Å²) < 4.78 is 1.11. The number of aliphatic imine (C=N–C) groups is 1. The lowest BCUT2D eigenvalue weighted by Crippen LogP contribution is -2.59. The molecule has 0 bridgehead atoms. The molecule has 3 heterocycles. The van der Waals surface area contributed by atoms with E-state index in [9.17, 15) is 43.5 Å². The van der Waals surface area contributed by atoms with Crippen molar-refractivity contribution in [3.63, 3.8) is 0 Å². The predicted octanol–water partition coefficient (Wildman–Crippen LogP) is -1.27. The number of likely N-dealkylation sites (N-methyl/N-ethyl adjacent to an activating group) is 1. The normalized spacial score (nSPS) is 15.1. The zero-order valence-electron chi connectivity index (χ0n) is 46.4. The number of nitrogens with two attached hydrogens (primary N) is 4. The van der Waals surface area contributed by atoms with Gasteiger partial charge in [0, 0.05) is 70.7 Å². The van der Waals surface area contributed by atoms with E-state index in [1.807, 2.05) is 38.7 Å². The topological polar surface area (TPSA) is 398 Å². The Morgan fingerprint density at radius 1 is 0.762 bits per heavy atom. The van der Waals surface area contributed by atoms with Crippen LogP contribution in [0.15, 0.2) is 71.0 Å². The van der Waals surface area contributed by atoms with E-state index >= 15 is 0 Å². The average Bonchev–Trinajstić information content (AvgIpc) is 3.98. The molecule has 0 saturated carbocycles. The van der Waals surface area contributed by atoms with Crippen LogP contribution in [-0.4, -0.2) is 159 Å². The van der Waals surface area contributed by atoms with Crippen LogP contribution in [-0.2, 0) is 52.9 Å². The molecule has 1 saturated heterocycles. The Morgan fingerprint density at radius 3 is 2.01 bits per heavy atom. The van der Waals surface area contributed by atoms with Crippen LogP contribution in [0.3, 0.4) is 0 Å². The molecular weight excluding hydrogens is 1030 g/mol. The Morgan fingerprint density at radius 2 is 1.40 bits per heavy atom. The number of piperazine rings is 1. The minimum atomic E-state index is -1.38. The van der Waals surface area contributed by atoms with Gasteiger partial charge in [0.2, 0.25) is 41.4 Å². The van der Waals surface area contributed by atoms with Gasteiger partial charge in [-0.3, -0.25) is 47.9 Å². The molecule has 4 aromatic rings. The van der Waals surface area contributed by atoms with Gasteiger partial charge in [0.1, 0.15) is 48.3 Å². The van der Waals surface area contributed by atoms with Crippen molar-refractivity contribution in [3.8, 4) is 5.75 Å². The molecule has 0 spiro atoms. The summed E-state index contributed by atoms with van der Waals surface area (Å²) >= 11 is 0. The molecule has 2 aromatic carbocycles. The molecule has 2 aromatic heterocycles. The van der Waals surface area contributed by atoms with Crippen molar-refractivity contribution in [1.82, 2.24) is 56.3 Å². The van der Waals surface area contributed by atoms with E-state index in [-0.39, 0.29) is 73.0 Å². The molecule has 7 amide bonds. The van der Waals surface area contributed by atoms with Gasteiger partial charge in [-0.05, 0) is 92.8 Å². The van der Waals surface area contributed by atoms with E-state index < -0.39 is 77.9 Å². The summed E-state index contributed by atoms with van der Waals surface area (Å²) in [4.78, 5) is 130. The second kappa shape index (κ2) is 30.9. The van der Waals surface area contributed by atoms with Gasteiger partial charge in [-0.1, -0.05) is 46.2 Å². The van der Waals surface area contributed by atoms with Crippen molar-refractivity contribution in [2.75, 3.05) is 51.2 Å². The number of hydrogen-bond acceptors (Lipinski definition) is 15. The predicted molar refractivity (Wildman–Crippen MR) is 302 cm³/mol. The third kappa shape index (κ3) is 18.8. The second-order valence-electron chi connectivity index (χ2n) is 20.6. The van der Waals surface area contributed by atoms with Crippen molar-refractivity contribution in [2.24, 2.45) is 39.8 Å². The third-order valence-corrected chi connectivity index (χ3v) is 14.0. The molecule has 26 heteroatoms. The smallest absolute Gasteiger partial charge is 0.261 e. The average molecular weight is 1110 g/mol. The monoisotopic (exact) mass is 1110 g/mol. The highest BCUT2D eigenvalue weighted by Crippen LogP contribution is 2.22. The number of imidazole rings is 1. The van der Waals surface area contributed by atoms with Crippen LogP contribution in [0.5, 0.6) is 5.75 Å². The molecule has 1 fully saturated rings. The summed E-state index contributed by atoms with van der Waals surface area (Å²) in [6, 6.07) is 4.82. The van der Waals surface area contributed by atoms with Crippen LogP contribution in [0.4, 0.5) is 5.69 Å². The third-order valence-electron chi connectivity index (χ3n) is 14.0. The molecule has 436 valence electrons. The lowest BCUT2D eigenvalue weighted by molar-refractivity contribution is -0.137. The first-order valence-corrected chi connectivity index (χ1v) is 27.2. The summed E-state index contributed by atoms with van der Waals surface area (Å²) in [5.41, 5.74) is 24.1. The lowest BCUT2D eigenvalue weighted by Gasteiger charge is -2.38. The highest BCUT2D eigenvalue weighted by molar-refractivity contribution is 5.96. The number of aromatic amines is 1. The van der Waals surface area contributed by atoms with Gasteiger partial charge in [0.05, 0.1) is 23.3 Å². The number of carbonyl (C=O) groups is 7. The number of aromatic nitrogens is 4. The SMILES string of the molecule is CC[C@H](C)[C@H](N)C(=O)N[C@@H](CCCCN)C(=O)N1CCN(c2ccc3ncn(CC(=O)N[C@@H](CCCN=C(N)N)C(=O)N[C@@H](Cc4ncc[nH]4)C(=O)N[C@@H](Cc4ccc(O)cc4)C(=O)N[C@H](CC(C)C)C(=O)NC)c(=O)c3c2)CC1. The molecule has 1 aliphatic heterocycles. The summed E-state index contributed by atoms with van der Waals surface area (Å²) in [5.74, 6) is -3.96. The van der Waals surface area contributed by atoms with Crippen LogP contribution >= 0.6 is 0 Å². The molecule has 7 atom stereocenters. The van der Waals surface area contributed by atoms with E-state index in [2.05, 4.69) is 51.8 Å². The molecule has 0 unspecified atom stereocenters. The number of carbonyl (C=O) groups excluding carboxylic acids is 7. The second-order valence-corrected chi connectivity index (χ2v) is 20.6. The minimum Gasteiger partial charge on any atom is -0.508 e. The first-order valence-electron chi connectivity index (χ1n) is 27.2. The molecular formula is C54H81N17O9. The Labute approximate surface area is 465 Å². The Balaban J connectivity index is 1.32. The number of nitrogens with zero attached hydrogens (tertiary/aromatic N) is 6. The Hall–Kier alpha value is -8.13. The molecule has 16 N–H and O–H groups in total. The van der Waals surface area contributed by atoms with E-state index in [0.29, 0.717) is 87.4 Å². The fraction of sp³-hybridized carbons (Fsp3) is 0.537. The van der Waals surface area contributed by atoms with E-state index in [1.165, 1.54) is 37.9 Å². The highest BCUT2D eigenvalue weighted by Gasteiger charge is 2.34. The van der Waals surface area contributed by atoms with Gasteiger partial charge in [-0.25, -0.2) is 9.97 Å². The van der Waals surface area contributed by atoms with Gasteiger partial charge in [-0.15, -0.1) is 0 Å². The largest absolute Gasteiger partial charge is 0.508 e. The number of nitrogens with one attached hydrogen (secondary N) is 7. The van der Waals surface area contributed by atoms with E-state index in [0.717, 1.165) is 4.57 Å². The number of phenols is 1. The van der Waals surface area contributed by atoms with Crippen molar-refractivity contribution < 1.29 is 38.7 Å². The molecule has 80 heavy (non-hydrogen) atoms. The number of unbranched alkanes of at least 4 members (excludes halogenated alkanes) is 1. The van der Waals surface area contributed by atoms with Crippen LogP contribution in [0.1, 0.15) is 84.0 Å². The number of benzene rings is 2. The highest BCUT2D eigenvalue weighted by atomic mass is 16.3. The molecule has 1 aliphatic rings. The van der Waals surface area contributed by atoms with E-state index in [4.69, 9.17) is 22.9 Å². The van der Waals surface area contributed by atoms with Crippen LogP contribution in [0, 0.1) is 11.8 Å². The number of phenolic OH excluding ortho intramolecular Hbond substituents is 1. The van der Waals surface area contributed by atoms with Crippen LogP contribution in [0.25, 0.3) is 10.9 Å². The first kappa shape index (κ1) is 62.7. The summed E-state index contributed by atoms with van der Waals surface area (Å²) in [7, 11) is 1.45. The summed E-state index contributed by atoms with van der Waals surface area (Å²) in [5, 5.41) is 26.6. The van der Waals surface area contributed by atoms with Gasteiger partial charge in [0.15, 0.2) is 5.96 Å². The number of anilines is 1. The number of guanidine groups is 1. The minimum absolute atomic E-state index is 0.0156.